The van der Waals surface area contributed by atoms with Crippen molar-refractivity contribution in [3.63, 3.8) is 0 Å². The molecule has 0 aliphatic carbocycles. The summed E-state index contributed by atoms with van der Waals surface area (Å²) in [6, 6.07) is 16.2. The Hall–Kier alpha value is -2.63. The number of carbonyl (C=O) groups excluding carboxylic acids is 1. The number of nitrogens with zero attached hydrogens (tertiary/aromatic N) is 2. The molecule has 1 aliphatic heterocycles. The molecule has 0 bridgehead atoms. The quantitative estimate of drug-likeness (QED) is 0.658. The van der Waals surface area contributed by atoms with Crippen molar-refractivity contribution in [2.45, 2.75) is 51.9 Å². The summed E-state index contributed by atoms with van der Waals surface area (Å²) in [6.45, 7) is 15.1. The van der Waals surface area contributed by atoms with E-state index in [2.05, 4.69) is 41.6 Å². The molecule has 1 heterocycles. The van der Waals surface area contributed by atoms with Crippen LogP contribution in [0.15, 0.2) is 61.2 Å². The average Bonchev–Trinajstić information content (AvgIpc) is 2.72. The summed E-state index contributed by atoms with van der Waals surface area (Å²) >= 11 is 0. The highest BCUT2D eigenvalue weighted by molar-refractivity contribution is 5.94. The van der Waals surface area contributed by atoms with E-state index >= 15 is 0 Å². The molecule has 2 aromatic rings. The van der Waals surface area contributed by atoms with Crippen LogP contribution in [0.4, 0.5) is 0 Å². The van der Waals surface area contributed by atoms with Crippen molar-refractivity contribution < 1.29 is 9.90 Å². The van der Waals surface area contributed by atoms with Gasteiger partial charge in [-0.3, -0.25) is 14.6 Å². The van der Waals surface area contributed by atoms with E-state index in [0.29, 0.717) is 17.6 Å². The molecule has 0 aromatic heterocycles. The second kappa shape index (κ2) is 10.1. The zero-order valence-corrected chi connectivity index (χ0v) is 19.1. The summed E-state index contributed by atoms with van der Waals surface area (Å²) in [6.07, 6.45) is 1.96. The Morgan fingerprint density at radius 1 is 1.13 bits per heavy atom. The molecule has 5 nitrogen and oxygen atoms in total. The fourth-order valence-electron chi connectivity index (χ4n) is 4.44. The Balaban J connectivity index is 1.94. The lowest BCUT2D eigenvalue weighted by atomic mass is 9.92. The summed E-state index contributed by atoms with van der Waals surface area (Å²) < 4.78 is 0. The Kier molecular flexibility index (Phi) is 7.52. The molecule has 2 N–H and O–H groups in total. The van der Waals surface area contributed by atoms with E-state index in [9.17, 15) is 9.90 Å². The Bertz CT molecular complexity index is 894. The Labute approximate surface area is 186 Å². The van der Waals surface area contributed by atoms with Gasteiger partial charge in [0.25, 0.3) is 5.91 Å². The van der Waals surface area contributed by atoms with E-state index in [0.717, 1.165) is 30.8 Å². The maximum Gasteiger partial charge on any atom is 0.251 e. The van der Waals surface area contributed by atoms with Gasteiger partial charge in [0.15, 0.2) is 0 Å². The first-order chi connectivity index (χ1) is 14.8. The van der Waals surface area contributed by atoms with Gasteiger partial charge in [-0.05, 0) is 63.1 Å². The number of hydrogen-bond donors (Lipinski definition) is 2. The molecule has 3 atom stereocenters. The van der Waals surface area contributed by atoms with Crippen LogP contribution in [-0.2, 0) is 0 Å². The first-order valence-electron chi connectivity index (χ1n) is 11.1. The number of amides is 1. The molecule has 0 spiro atoms. The first kappa shape index (κ1) is 23.0. The van der Waals surface area contributed by atoms with E-state index in [1.165, 1.54) is 0 Å². The average molecular weight is 422 g/mol. The zero-order chi connectivity index (χ0) is 22.5. The second-order valence-electron chi connectivity index (χ2n) is 8.89. The lowest BCUT2D eigenvalue weighted by Crippen LogP contribution is -2.57. The SMILES string of the molecule is C=CCN1C[C@H](C)N(C(c2ccc(C(=O)NC(C)C)cc2)c2cccc(O)c2)C[C@H]1C. The third kappa shape index (κ3) is 5.54. The highest BCUT2D eigenvalue weighted by Crippen LogP contribution is 2.34. The van der Waals surface area contributed by atoms with Gasteiger partial charge in [0.1, 0.15) is 5.75 Å². The van der Waals surface area contributed by atoms with Crippen LogP contribution in [0.3, 0.4) is 0 Å². The van der Waals surface area contributed by atoms with Crippen molar-refractivity contribution in [1.29, 1.82) is 0 Å². The summed E-state index contributed by atoms with van der Waals surface area (Å²) in [5, 5.41) is 13.1. The number of piperazine rings is 1. The van der Waals surface area contributed by atoms with Crippen LogP contribution in [0.2, 0.25) is 0 Å². The van der Waals surface area contributed by atoms with E-state index in [4.69, 9.17) is 0 Å². The standard InChI is InChI=1S/C26H35N3O2/c1-6-14-28-16-20(5)29(17-19(28)4)25(23-8-7-9-24(30)15-23)21-10-12-22(13-11-21)26(31)27-18(2)3/h6-13,15,18-20,25,30H,1,14,16-17H2,2-5H3,(H,27,31)/t19-,20+,25?/m1/s1. The highest BCUT2D eigenvalue weighted by Gasteiger charge is 2.34. The minimum absolute atomic E-state index is 0.00218. The third-order valence-electron chi connectivity index (χ3n) is 5.95. The molecule has 0 saturated carbocycles. The number of aromatic hydroxyl groups is 1. The minimum Gasteiger partial charge on any atom is -0.508 e. The van der Waals surface area contributed by atoms with Gasteiger partial charge in [0.05, 0.1) is 6.04 Å². The molecule has 1 unspecified atom stereocenters. The normalized spacial score (nSPS) is 21.1. The molecule has 1 amide bonds. The van der Waals surface area contributed by atoms with Crippen molar-refractivity contribution in [2.75, 3.05) is 19.6 Å². The van der Waals surface area contributed by atoms with E-state index in [1.807, 2.05) is 56.3 Å². The third-order valence-corrected chi connectivity index (χ3v) is 5.95. The lowest BCUT2D eigenvalue weighted by Gasteiger charge is -2.47. The van der Waals surface area contributed by atoms with Crippen LogP contribution in [0.25, 0.3) is 0 Å². The van der Waals surface area contributed by atoms with Gasteiger partial charge in [-0.1, -0.05) is 30.3 Å². The summed E-state index contributed by atoms with van der Waals surface area (Å²) in [4.78, 5) is 17.3. The van der Waals surface area contributed by atoms with E-state index in [1.54, 1.807) is 6.07 Å². The number of phenolic OH excluding ortho intramolecular Hbond substituents is 1. The van der Waals surface area contributed by atoms with Crippen LogP contribution in [0, 0.1) is 0 Å². The van der Waals surface area contributed by atoms with Gasteiger partial charge < -0.3 is 10.4 Å². The molecule has 2 aromatic carbocycles. The second-order valence-corrected chi connectivity index (χ2v) is 8.89. The summed E-state index contributed by atoms with van der Waals surface area (Å²) in [5.74, 6) is 0.205. The van der Waals surface area contributed by atoms with Gasteiger partial charge in [0.2, 0.25) is 0 Å². The van der Waals surface area contributed by atoms with Gasteiger partial charge in [-0.2, -0.15) is 0 Å². The molecule has 5 heteroatoms. The molecule has 1 fully saturated rings. The van der Waals surface area contributed by atoms with Gasteiger partial charge >= 0.3 is 0 Å². The number of rotatable bonds is 7. The van der Waals surface area contributed by atoms with Crippen LogP contribution < -0.4 is 5.32 Å². The molecule has 0 radical (unpaired) electrons. The molecule has 166 valence electrons. The maximum absolute atomic E-state index is 12.4. The number of benzene rings is 2. The van der Waals surface area contributed by atoms with Crippen LogP contribution in [0.1, 0.15) is 55.2 Å². The first-order valence-corrected chi connectivity index (χ1v) is 11.1. The molecular formula is C26H35N3O2. The largest absolute Gasteiger partial charge is 0.508 e. The maximum atomic E-state index is 12.4. The van der Waals surface area contributed by atoms with Crippen molar-refractivity contribution >= 4 is 5.91 Å². The van der Waals surface area contributed by atoms with Crippen molar-refractivity contribution in [1.82, 2.24) is 15.1 Å². The highest BCUT2D eigenvalue weighted by atomic mass is 16.3. The Morgan fingerprint density at radius 2 is 1.84 bits per heavy atom. The van der Waals surface area contributed by atoms with E-state index < -0.39 is 0 Å². The summed E-state index contributed by atoms with van der Waals surface area (Å²) in [7, 11) is 0. The van der Waals surface area contributed by atoms with Crippen LogP contribution in [0.5, 0.6) is 5.75 Å². The van der Waals surface area contributed by atoms with Crippen molar-refractivity contribution in [3.05, 3.63) is 77.9 Å². The number of nitrogens with one attached hydrogen (secondary N) is 1. The van der Waals surface area contributed by atoms with Crippen LogP contribution in [-0.4, -0.2) is 58.6 Å². The predicted octanol–water partition coefficient (Wildman–Crippen LogP) is 4.20. The number of phenols is 1. The molecule has 1 aliphatic rings. The van der Waals surface area contributed by atoms with Gasteiger partial charge in [-0.25, -0.2) is 0 Å². The number of hydrogen-bond acceptors (Lipinski definition) is 4. The predicted molar refractivity (Wildman–Crippen MR) is 126 cm³/mol. The minimum atomic E-state index is -0.0597. The summed E-state index contributed by atoms with van der Waals surface area (Å²) in [5.41, 5.74) is 2.82. The van der Waals surface area contributed by atoms with Crippen molar-refractivity contribution in [2.24, 2.45) is 0 Å². The van der Waals surface area contributed by atoms with Gasteiger partial charge in [-0.15, -0.1) is 6.58 Å². The fraction of sp³-hybridized carbons (Fsp3) is 0.423. The number of carbonyl (C=O) groups is 1. The monoisotopic (exact) mass is 421 g/mol. The molecule has 3 rings (SSSR count). The Morgan fingerprint density at radius 3 is 2.45 bits per heavy atom. The topological polar surface area (TPSA) is 55.8 Å². The molecule has 31 heavy (non-hydrogen) atoms. The molecule has 1 saturated heterocycles. The lowest BCUT2D eigenvalue weighted by molar-refractivity contribution is 0.0306. The molecular weight excluding hydrogens is 386 g/mol. The van der Waals surface area contributed by atoms with Gasteiger partial charge in [0, 0.05) is 43.3 Å². The zero-order valence-electron chi connectivity index (χ0n) is 19.1. The smallest absolute Gasteiger partial charge is 0.251 e. The van der Waals surface area contributed by atoms with E-state index in [-0.39, 0.29) is 23.7 Å². The fourth-order valence-corrected chi connectivity index (χ4v) is 4.44. The van der Waals surface area contributed by atoms with Crippen LogP contribution >= 0.6 is 0 Å². The van der Waals surface area contributed by atoms with Crippen molar-refractivity contribution in [3.8, 4) is 5.75 Å².